The summed E-state index contributed by atoms with van der Waals surface area (Å²) >= 11 is 0. The second-order valence-electron chi connectivity index (χ2n) is 7.95. The molecule has 3 fully saturated rings. The van der Waals surface area contributed by atoms with Crippen LogP contribution in [-0.4, -0.2) is 66.2 Å². The number of ether oxygens (including phenoxy) is 2. The Morgan fingerprint density at radius 3 is 2.31 bits per heavy atom. The number of carboxylic acids is 1. The monoisotopic (exact) mass is 401 g/mol. The third-order valence-electron chi connectivity index (χ3n) is 6.40. The van der Waals surface area contributed by atoms with Gasteiger partial charge in [0.1, 0.15) is 11.5 Å². The molecule has 4 rings (SSSR count). The molecule has 1 aromatic rings. The number of rotatable bonds is 4. The maximum absolute atomic E-state index is 13.2. The molecule has 2 saturated heterocycles. The number of amides is 2. The summed E-state index contributed by atoms with van der Waals surface area (Å²) in [4.78, 5) is 40.6. The van der Waals surface area contributed by atoms with Crippen LogP contribution < -0.4 is 9.84 Å². The normalized spacial score (nSPS) is 23.7. The van der Waals surface area contributed by atoms with Crippen molar-refractivity contribution in [2.75, 3.05) is 26.8 Å². The van der Waals surface area contributed by atoms with Crippen LogP contribution in [0.4, 0.5) is 0 Å². The first-order valence-electron chi connectivity index (χ1n) is 10.1. The fraction of sp³-hybridized carbons (Fsp3) is 0.571. The Morgan fingerprint density at radius 1 is 1.14 bits per heavy atom. The van der Waals surface area contributed by atoms with E-state index in [9.17, 15) is 19.5 Å². The van der Waals surface area contributed by atoms with Gasteiger partial charge < -0.3 is 24.3 Å². The lowest BCUT2D eigenvalue weighted by molar-refractivity contribution is -0.310. The van der Waals surface area contributed by atoms with Gasteiger partial charge in [0.15, 0.2) is 0 Å². The van der Waals surface area contributed by atoms with Gasteiger partial charge in [0.05, 0.1) is 25.7 Å². The van der Waals surface area contributed by atoms with Crippen LogP contribution in [-0.2, 0) is 14.3 Å². The summed E-state index contributed by atoms with van der Waals surface area (Å²) in [5.74, 6) is -0.877. The molecule has 2 heterocycles. The highest BCUT2D eigenvalue weighted by Crippen LogP contribution is 2.39. The number of carbonyl (C=O) groups excluding carboxylic acids is 3. The predicted octanol–water partition coefficient (Wildman–Crippen LogP) is 0.405. The van der Waals surface area contributed by atoms with Crippen molar-refractivity contribution in [2.45, 2.75) is 43.9 Å². The quantitative estimate of drug-likeness (QED) is 0.724. The molecular formula is C21H25N2O6-. The fourth-order valence-electron chi connectivity index (χ4n) is 4.41. The largest absolute Gasteiger partial charge is 0.548 e. The first-order chi connectivity index (χ1) is 13.9. The number of hydrogen-bond acceptors (Lipinski definition) is 6. The zero-order chi connectivity index (χ0) is 20.6. The SMILES string of the molecule is COc1ccc(C(=O)N2[C@H](C(=O)[O-])COC23CCN(C(=O)C2CCC2)CC3)cc1. The Balaban J connectivity index is 1.54. The summed E-state index contributed by atoms with van der Waals surface area (Å²) in [7, 11) is 1.53. The Labute approximate surface area is 169 Å². The molecule has 29 heavy (non-hydrogen) atoms. The number of carboxylic acid groups (broad SMARTS) is 1. The van der Waals surface area contributed by atoms with Crippen LogP contribution in [0.15, 0.2) is 24.3 Å². The standard InChI is InChI=1S/C21H26N2O6/c1-28-16-7-5-15(6-8-16)19(25)23-17(20(26)27)13-29-21(23)9-11-22(12-10-21)18(24)14-3-2-4-14/h5-8,14,17H,2-4,9-13H2,1H3,(H,26,27)/p-1/t17-/m0/s1. The number of benzene rings is 1. The fourth-order valence-corrected chi connectivity index (χ4v) is 4.41. The van der Waals surface area contributed by atoms with Crippen molar-refractivity contribution in [1.82, 2.24) is 9.80 Å². The van der Waals surface area contributed by atoms with E-state index in [2.05, 4.69) is 0 Å². The van der Waals surface area contributed by atoms with Gasteiger partial charge in [0.25, 0.3) is 5.91 Å². The van der Waals surface area contributed by atoms with Crippen molar-refractivity contribution in [3.05, 3.63) is 29.8 Å². The molecule has 3 aliphatic rings. The molecule has 8 heteroatoms. The summed E-state index contributed by atoms with van der Waals surface area (Å²) < 4.78 is 11.0. The van der Waals surface area contributed by atoms with E-state index in [4.69, 9.17) is 9.47 Å². The third kappa shape index (κ3) is 3.46. The van der Waals surface area contributed by atoms with Gasteiger partial charge in [-0.3, -0.25) is 14.5 Å². The molecule has 0 N–H and O–H groups in total. The number of piperidine rings is 1. The van der Waals surface area contributed by atoms with E-state index in [0.717, 1.165) is 19.3 Å². The lowest BCUT2D eigenvalue weighted by Crippen LogP contribution is -2.60. The minimum absolute atomic E-state index is 0.110. The van der Waals surface area contributed by atoms with Crippen LogP contribution in [0.1, 0.15) is 42.5 Å². The minimum atomic E-state index is -1.34. The van der Waals surface area contributed by atoms with Gasteiger partial charge in [-0.15, -0.1) is 0 Å². The van der Waals surface area contributed by atoms with Crippen LogP contribution in [0.5, 0.6) is 5.75 Å². The average Bonchev–Trinajstić information content (AvgIpc) is 3.05. The van der Waals surface area contributed by atoms with Crippen LogP contribution in [0.25, 0.3) is 0 Å². The van der Waals surface area contributed by atoms with Crippen LogP contribution in [0.2, 0.25) is 0 Å². The van der Waals surface area contributed by atoms with E-state index in [1.807, 2.05) is 4.90 Å². The van der Waals surface area contributed by atoms with Crippen molar-refractivity contribution in [3.63, 3.8) is 0 Å². The third-order valence-corrected chi connectivity index (χ3v) is 6.40. The Morgan fingerprint density at radius 2 is 1.79 bits per heavy atom. The molecule has 0 aromatic heterocycles. The molecule has 0 unspecified atom stereocenters. The van der Waals surface area contributed by atoms with Crippen LogP contribution >= 0.6 is 0 Å². The van der Waals surface area contributed by atoms with E-state index in [1.165, 1.54) is 12.0 Å². The Bertz CT molecular complexity index is 796. The first-order valence-corrected chi connectivity index (χ1v) is 10.1. The van der Waals surface area contributed by atoms with Crippen LogP contribution in [0.3, 0.4) is 0 Å². The molecule has 8 nitrogen and oxygen atoms in total. The van der Waals surface area contributed by atoms with E-state index >= 15 is 0 Å². The molecule has 2 amide bonds. The molecule has 0 radical (unpaired) electrons. The van der Waals surface area contributed by atoms with Gasteiger partial charge in [0, 0.05) is 37.4 Å². The zero-order valence-electron chi connectivity index (χ0n) is 16.5. The smallest absolute Gasteiger partial charge is 0.256 e. The van der Waals surface area contributed by atoms with Crippen molar-refractivity contribution in [2.24, 2.45) is 5.92 Å². The van der Waals surface area contributed by atoms with Crippen LogP contribution in [0, 0.1) is 5.92 Å². The highest BCUT2D eigenvalue weighted by Gasteiger charge is 2.52. The van der Waals surface area contributed by atoms with Gasteiger partial charge in [-0.1, -0.05) is 6.42 Å². The second kappa shape index (κ2) is 7.67. The van der Waals surface area contributed by atoms with E-state index in [-0.39, 0.29) is 18.4 Å². The van der Waals surface area contributed by atoms with Gasteiger partial charge in [-0.25, -0.2) is 0 Å². The van der Waals surface area contributed by atoms with Crippen molar-refractivity contribution in [3.8, 4) is 5.75 Å². The highest BCUT2D eigenvalue weighted by atomic mass is 16.5. The molecule has 2 aliphatic heterocycles. The van der Waals surface area contributed by atoms with Gasteiger partial charge in [0.2, 0.25) is 5.91 Å². The Kier molecular flexibility index (Phi) is 5.21. The number of nitrogens with zero attached hydrogens (tertiary/aromatic N) is 2. The zero-order valence-corrected chi connectivity index (χ0v) is 16.5. The maximum Gasteiger partial charge on any atom is 0.256 e. The molecule has 1 spiro atoms. The number of aliphatic carboxylic acids is 1. The molecule has 1 aromatic carbocycles. The minimum Gasteiger partial charge on any atom is -0.548 e. The van der Waals surface area contributed by atoms with Crippen molar-refractivity contribution in [1.29, 1.82) is 0 Å². The Hall–Kier alpha value is -2.61. The average molecular weight is 401 g/mol. The number of hydrogen-bond donors (Lipinski definition) is 0. The lowest BCUT2D eigenvalue weighted by Gasteiger charge is -2.46. The second-order valence-corrected chi connectivity index (χ2v) is 7.95. The van der Waals surface area contributed by atoms with E-state index in [1.54, 1.807) is 24.3 Å². The molecule has 1 aliphatic carbocycles. The summed E-state index contributed by atoms with van der Waals surface area (Å²) in [6.07, 6.45) is 3.74. The maximum atomic E-state index is 13.2. The summed E-state index contributed by atoms with van der Waals surface area (Å²) in [5.41, 5.74) is -0.673. The molecule has 1 atom stereocenters. The van der Waals surface area contributed by atoms with Crippen molar-refractivity contribution < 1.29 is 29.0 Å². The molecule has 1 saturated carbocycles. The topological polar surface area (TPSA) is 99.2 Å². The summed E-state index contributed by atoms with van der Waals surface area (Å²) in [5, 5.41) is 11.7. The van der Waals surface area contributed by atoms with Gasteiger partial charge in [-0.05, 0) is 37.1 Å². The number of methoxy groups -OCH3 is 1. The highest BCUT2D eigenvalue weighted by molar-refractivity contribution is 5.97. The molecule has 0 bridgehead atoms. The first kappa shape index (κ1) is 19.7. The van der Waals surface area contributed by atoms with Crippen molar-refractivity contribution >= 4 is 17.8 Å². The predicted molar refractivity (Wildman–Crippen MR) is 99.8 cm³/mol. The number of likely N-dealkylation sites (tertiary alicyclic amines) is 1. The van der Waals surface area contributed by atoms with E-state index in [0.29, 0.717) is 37.2 Å². The van der Waals surface area contributed by atoms with Gasteiger partial charge in [-0.2, -0.15) is 0 Å². The van der Waals surface area contributed by atoms with E-state index < -0.39 is 23.6 Å². The molecule has 156 valence electrons. The summed E-state index contributed by atoms with van der Waals surface area (Å²) in [6.45, 7) is 0.782. The molecular weight excluding hydrogens is 376 g/mol. The van der Waals surface area contributed by atoms with Gasteiger partial charge >= 0.3 is 0 Å². The number of carbonyl (C=O) groups is 3. The lowest BCUT2D eigenvalue weighted by atomic mass is 9.83. The summed E-state index contributed by atoms with van der Waals surface area (Å²) in [6, 6.07) is 5.37.